The molecule has 34 heavy (non-hydrogen) atoms. The molecule has 0 saturated heterocycles. The largest absolute Gasteiger partial charge is 0.330 e. The van der Waals surface area contributed by atoms with Gasteiger partial charge in [-0.2, -0.15) is 0 Å². The zero-order chi connectivity index (χ0) is 24.1. The fourth-order valence-corrected chi connectivity index (χ4v) is 7.23. The van der Waals surface area contributed by atoms with Gasteiger partial charge < -0.3 is 9.05 Å². The van der Waals surface area contributed by atoms with Crippen molar-refractivity contribution < 1.29 is 23.2 Å². The summed E-state index contributed by atoms with van der Waals surface area (Å²) >= 11 is 2.31. The summed E-state index contributed by atoms with van der Waals surface area (Å²) in [5.74, 6) is 1.38. The lowest BCUT2D eigenvalue weighted by Gasteiger charge is -2.24. The third kappa shape index (κ3) is 9.71. The van der Waals surface area contributed by atoms with Gasteiger partial charge in [-0.3, -0.25) is 14.2 Å². The summed E-state index contributed by atoms with van der Waals surface area (Å²) in [4.78, 5) is 24.5. The van der Waals surface area contributed by atoms with Crippen molar-refractivity contribution in [2.45, 2.75) is 38.5 Å². The van der Waals surface area contributed by atoms with Crippen molar-refractivity contribution in [3.8, 4) is 0 Å². The molecule has 0 spiro atoms. The van der Waals surface area contributed by atoms with Crippen LogP contribution in [0.5, 0.6) is 0 Å². The second-order valence-electron chi connectivity index (χ2n) is 8.30. The Morgan fingerprint density at radius 1 is 0.765 bits per heavy atom. The first kappa shape index (κ1) is 27.2. The standard InChI is InChI=1S/C26H33O5PS2/c27-25(23-12-6-2-7-13-23)33-20-17-30-32(29,19-16-22-10-4-1-5-11-22)31-18-21-34-26(28)24-14-8-3-9-15-24/h2-3,6-9,12-15,22H,1,4-5,10-11,16-21H2. The van der Waals surface area contributed by atoms with Crippen LogP contribution in [0, 0.1) is 5.92 Å². The maximum atomic E-state index is 13.5. The average Bonchev–Trinajstić information content (AvgIpc) is 2.89. The number of hydrogen-bond donors (Lipinski definition) is 0. The van der Waals surface area contributed by atoms with Gasteiger partial charge in [-0.25, -0.2) is 0 Å². The van der Waals surface area contributed by atoms with E-state index in [4.69, 9.17) is 9.05 Å². The Morgan fingerprint density at radius 3 is 1.71 bits per heavy atom. The minimum Gasteiger partial charge on any atom is -0.308 e. The molecule has 1 aliphatic carbocycles. The van der Waals surface area contributed by atoms with Crippen LogP contribution in [0.25, 0.3) is 0 Å². The van der Waals surface area contributed by atoms with Gasteiger partial charge in [-0.1, -0.05) is 116 Å². The highest BCUT2D eigenvalue weighted by Crippen LogP contribution is 2.50. The van der Waals surface area contributed by atoms with Gasteiger partial charge in [-0.05, 0) is 12.3 Å². The third-order valence-electron chi connectivity index (χ3n) is 5.76. The maximum absolute atomic E-state index is 13.5. The van der Waals surface area contributed by atoms with Crippen molar-refractivity contribution in [2.24, 2.45) is 5.92 Å². The summed E-state index contributed by atoms with van der Waals surface area (Å²) in [5.41, 5.74) is 1.29. The van der Waals surface area contributed by atoms with Crippen molar-refractivity contribution in [1.29, 1.82) is 0 Å². The van der Waals surface area contributed by atoms with Crippen LogP contribution < -0.4 is 0 Å². The molecule has 8 heteroatoms. The van der Waals surface area contributed by atoms with Gasteiger partial charge in [-0.15, -0.1) is 0 Å². The van der Waals surface area contributed by atoms with Crippen LogP contribution in [-0.4, -0.2) is 41.1 Å². The third-order valence-corrected chi connectivity index (χ3v) is 9.46. The number of carbonyl (C=O) groups excluding carboxylic acids is 2. The zero-order valence-electron chi connectivity index (χ0n) is 19.4. The minimum absolute atomic E-state index is 0.0296. The van der Waals surface area contributed by atoms with Crippen LogP contribution in [0.2, 0.25) is 0 Å². The molecule has 0 heterocycles. The predicted molar refractivity (Wildman–Crippen MR) is 142 cm³/mol. The van der Waals surface area contributed by atoms with E-state index in [1.54, 1.807) is 24.3 Å². The number of carbonyl (C=O) groups is 2. The molecule has 0 bridgehead atoms. The molecule has 0 aromatic heterocycles. The van der Waals surface area contributed by atoms with Crippen LogP contribution in [-0.2, 0) is 13.6 Å². The Labute approximate surface area is 211 Å². The van der Waals surface area contributed by atoms with Crippen LogP contribution in [0.3, 0.4) is 0 Å². The maximum Gasteiger partial charge on any atom is 0.330 e. The van der Waals surface area contributed by atoms with E-state index >= 15 is 0 Å². The number of thioether (sulfide) groups is 2. The molecule has 0 atom stereocenters. The van der Waals surface area contributed by atoms with Crippen LogP contribution in [0.1, 0.15) is 59.2 Å². The van der Waals surface area contributed by atoms with Gasteiger partial charge >= 0.3 is 7.60 Å². The molecule has 0 unspecified atom stereocenters. The van der Waals surface area contributed by atoms with Gasteiger partial charge in [0.2, 0.25) is 10.2 Å². The molecule has 0 aliphatic heterocycles. The van der Waals surface area contributed by atoms with E-state index in [9.17, 15) is 14.2 Å². The van der Waals surface area contributed by atoms with E-state index < -0.39 is 7.60 Å². The van der Waals surface area contributed by atoms with E-state index in [-0.39, 0.29) is 23.4 Å². The van der Waals surface area contributed by atoms with Gasteiger partial charge in [0.25, 0.3) is 0 Å². The second-order valence-corrected chi connectivity index (χ2v) is 12.6. The minimum atomic E-state index is -3.30. The number of rotatable bonds is 13. The fourth-order valence-electron chi connectivity index (χ4n) is 3.92. The molecule has 2 aromatic carbocycles. The normalized spacial score (nSPS) is 14.7. The lowest BCUT2D eigenvalue weighted by atomic mass is 9.88. The molecule has 2 aromatic rings. The molecular weight excluding hydrogens is 487 g/mol. The van der Waals surface area contributed by atoms with Gasteiger partial charge in [0.05, 0.1) is 19.4 Å². The highest BCUT2D eigenvalue weighted by atomic mass is 32.2. The first-order valence-corrected chi connectivity index (χ1v) is 15.6. The summed E-state index contributed by atoms with van der Waals surface area (Å²) in [5, 5.41) is -0.0593. The fraction of sp³-hybridized carbons (Fsp3) is 0.462. The molecular formula is C26H33O5PS2. The zero-order valence-corrected chi connectivity index (χ0v) is 22.0. The molecule has 3 rings (SSSR count). The molecule has 184 valence electrons. The van der Waals surface area contributed by atoms with Crippen LogP contribution in [0.4, 0.5) is 0 Å². The molecule has 1 fully saturated rings. The van der Waals surface area contributed by atoms with Crippen LogP contribution in [0.15, 0.2) is 60.7 Å². The van der Waals surface area contributed by atoms with Gasteiger partial charge in [0.1, 0.15) is 0 Å². The van der Waals surface area contributed by atoms with Crippen molar-refractivity contribution in [3.05, 3.63) is 71.8 Å². The molecule has 0 N–H and O–H groups in total. The van der Waals surface area contributed by atoms with Crippen molar-refractivity contribution >= 4 is 41.4 Å². The van der Waals surface area contributed by atoms with E-state index in [1.807, 2.05) is 36.4 Å². The first-order chi connectivity index (χ1) is 16.6. The average molecular weight is 521 g/mol. The first-order valence-electron chi connectivity index (χ1n) is 11.9. The molecule has 1 saturated carbocycles. The highest BCUT2D eigenvalue weighted by Gasteiger charge is 2.27. The summed E-state index contributed by atoms with van der Waals surface area (Å²) < 4.78 is 25.0. The summed E-state index contributed by atoms with van der Waals surface area (Å²) in [7, 11) is -3.30. The monoisotopic (exact) mass is 520 g/mol. The Kier molecular flexibility index (Phi) is 11.9. The van der Waals surface area contributed by atoms with Crippen molar-refractivity contribution in [2.75, 3.05) is 30.9 Å². The Hall–Kier alpha value is -1.37. The smallest absolute Gasteiger partial charge is 0.308 e. The Morgan fingerprint density at radius 2 is 1.24 bits per heavy atom. The SMILES string of the molecule is O=C(SCCOP(=O)(CCC1CCCCC1)OCCSC(=O)c1ccccc1)c1ccccc1. The molecule has 0 amide bonds. The summed E-state index contributed by atoms with van der Waals surface area (Å²) in [6.45, 7) is 0.364. The van der Waals surface area contributed by atoms with Crippen molar-refractivity contribution in [1.82, 2.24) is 0 Å². The van der Waals surface area contributed by atoms with Gasteiger partial charge in [0, 0.05) is 22.6 Å². The molecule has 1 aliphatic rings. The lowest BCUT2D eigenvalue weighted by molar-refractivity contribution is 0.108. The predicted octanol–water partition coefficient (Wildman–Crippen LogP) is 7.33. The van der Waals surface area contributed by atoms with Crippen LogP contribution >= 0.6 is 31.1 Å². The number of hydrogen-bond acceptors (Lipinski definition) is 7. The Bertz CT molecular complexity index is 869. The lowest BCUT2D eigenvalue weighted by Crippen LogP contribution is -2.12. The molecule has 0 radical (unpaired) electrons. The van der Waals surface area contributed by atoms with E-state index in [0.717, 1.165) is 29.9 Å². The number of benzene rings is 2. The molecule has 5 nitrogen and oxygen atoms in total. The second kappa shape index (κ2) is 14.9. The van der Waals surface area contributed by atoms with Gasteiger partial charge in [0.15, 0.2) is 0 Å². The van der Waals surface area contributed by atoms with E-state index in [0.29, 0.717) is 34.7 Å². The quantitative estimate of drug-likeness (QED) is 0.202. The Balaban J connectivity index is 1.45. The highest BCUT2D eigenvalue weighted by molar-refractivity contribution is 8.14. The van der Waals surface area contributed by atoms with E-state index in [1.165, 1.54) is 32.1 Å². The summed E-state index contributed by atoms with van der Waals surface area (Å²) in [6, 6.07) is 18.2. The topological polar surface area (TPSA) is 69.7 Å². The van der Waals surface area contributed by atoms with E-state index in [2.05, 4.69) is 0 Å². The summed E-state index contributed by atoms with van der Waals surface area (Å²) in [6.07, 6.45) is 7.28. The van der Waals surface area contributed by atoms with Crippen molar-refractivity contribution in [3.63, 3.8) is 0 Å².